The molecule has 2 aliphatic rings. The number of fused-ring (bicyclic) bond motifs is 1. The van der Waals surface area contributed by atoms with Crippen LogP contribution in [0.25, 0.3) is 0 Å². The third kappa shape index (κ3) is 3.47. The van der Waals surface area contributed by atoms with Crippen LogP contribution in [-0.4, -0.2) is 34.3 Å². The third-order valence-electron chi connectivity index (χ3n) is 5.15. The standard InChI is InChI=1S/C18H24BrNO2S/c1-12(2)23-16-8-15(19)6-5-13(16)9-20-10-14-4-3-7-18(14,11-20)17(21)22/h5-6,8,12,14H,3-4,7,9-11H2,1-2H3,(H,21,22)/t14-,18+/m0/s1. The Labute approximate surface area is 151 Å². The molecule has 1 saturated heterocycles. The first kappa shape index (κ1) is 17.3. The molecule has 1 aliphatic heterocycles. The molecule has 3 nitrogen and oxygen atoms in total. The highest BCUT2D eigenvalue weighted by atomic mass is 79.9. The molecule has 23 heavy (non-hydrogen) atoms. The zero-order valence-corrected chi connectivity index (χ0v) is 16.1. The van der Waals surface area contributed by atoms with Crippen LogP contribution in [0.5, 0.6) is 0 Å². The van der Waals surface area contributed by atoms with E-state index in [9.17, 15) is 9.90 Å². The lowest BCUT2D eigenvalue weighted by atomic mass is 9.81. The van der Waals surface area contributed by atoms with E-state index in [1.165, 1.54) is 10.5 Å². The highest BCUT2D eigenvalue weighted by Gasteiger charge is 2.54. The predicted molar refractivity (Wildman–Crippen MR) is 97.8 cm³/mol. The van der Waals surface area contributed by atoms with Crippen LogP contribution in [0.15, 0.2) is 27.6 Å². The van der Waals surface area contributed by atoms with Crippen molar-refractivity contribution in [3.8, 4) is 0 Å². The van der Waals surface area contributed by atoms with Crippen molar-refractivity contribution in [1.82, 2.24) is 4.90 Å². The summed E-state index contributed by atoms with van der Waals surface area (Å²) in [7, 11) is 0. The molecule has 1 saturated carbocycles. The molecule has 0 spiro atoms. The molecular weight excluding hydrogens is 374 g/mol. The van der Waals surface area contributed by atoms with E-state index < -0.39 is 11.4 Å². The number of carboxylic acids is 1. The Kier molecular flexibility index (Phi) is 5.09. The van der Waals surface area contributed by atoms with Crippen molar-refractivity contribution in [3.05, 3.63) is 28.2 Å². The van der Waals surface area contributed by atoms with Crippen LogP contribution in [0.2, 0.25) is 0 Å². The van der Waals surface area contributed by atoms with Gasteiger partial charge in [0.1, 0.15) is 0 Å². The highest BCUT2D eigenvalue weighted by molar-refractivity contribution is 9.10. The first-order valence-electron chi connectivity index (χ1n) is 8.31. The average Bonchev–Trinajstić information content (AvgIpc) is 2.98. The Hall–Kier alpha value is -0.520. The van der Waals surface area contributed by atoms with Crippen molar-refractivity contribution in [1.29, 1.82) is 0 Å². The summed E-state index contributed by atoms with van der Waals surface area (Å²) in [5.74, 6) is -0.258. The summed E-state index contributed by atoms with van der Waals surface area (Å²) in [6, 6.07) is 6.45. The van der Waals surface area contributed by atoms with E-state index in [0.717, 1.165) is 36.8 Å². The van der Waals surface area contributed by atoms with Crippen LogP contribution >= 0.6 is 27.7 Å². The lowest BCUT2D eigenvalue weighted by molar-refractivity contribution is -0.149. The molecule has 2 fully saturated rings. The Morgan fingerprint density at radius 1 is 1.52 bits per heavy atom. The van der Waals surface area contributed by atoms with Crippen LogP contribution in [-0.2, 0) is 11.3 Å². The van der Waals surface area contributed by atoms with Crippen LogP contribution in [0.3, 0.4) is 0 Å². The largest absolute Gasteiger partial charge is 0.481 e. The predicted octanol–water partition coefficient (Wildman–Crippen LogP) is 4.64. The van der Waals surface area contributed by atoms with Crippen molar-refractivity contribution in [3.63, 3.8) is 0 Å². The fourth-order valence-electron chi connectivity index (χ4n) is 4.13. The van der Waals surface area contributed by atoms with Gasteiger partial charge in [-0.3, -0.25) is 9.69 Å². The van der Waals surface area contributed by atoms with Gasteiger partial charge in [-0.05, 0) is 36.5 Å². The molecule has 0 unspecified atom stereocenters. The zero-order chi connectivity index (χ0) is 16.6. The molecule has 3 rings (SSSR count). The maximum Gasteiger partial charge on any atom is 0.311 e. The number of nitrogens with zero attached hydrogens (tertiary/aromatic N) is 1. The van der Waals surface area contributed by atoms with Gasteiger partial charge in [0.05, 0.1) is 5.41 Å². The maximum atomic E-state index is 11.8. The molecule has 126 valence electrons. The molecule has 5 heteroatoms. The van der Waals surface area contributed by atoms with Gasteiger partial charge in [0.15, 0.2) is 0 Å². The van der Waals surface area contributed by atoms with Crippen molar-refractivity contribution < 1.29 is 9.90 Å². The third-order valence-corrected chi connectivity index (χ3v) is 6.75. The Bertz CT molecular complexity index is 607. The van der Waals surface area contributed by atoms with Gasteiger partial charge in [-0.2, -0.15) is 0 Å². The molecule has 2 atom stereocenters. The maximum absolute atomic E-state index is 11.8. The van der Waals surface area contributed by atoms with E-state index >= 15 is 0 Å². The second-order valence-corrected chi connectivity index (χ2v) is 9.67. The SMILES string of the molecule is CC(C)Sc1cc(Br)ccc1CN1C[C@@H]2CCC[C@@]2(C(=O)O)C1. The van der Waals surface area contributed by atoms with Crippen LogP contribution in [0.1, 0.15) is 38.7 Å². The summed E-state index contributed by atoms with van der Waals surface area (Å²) in [5, 5.41) is 10.3. The number of rotatable bonds is 5. The molecule has 0 radical (unpaired) electrons. The summed E-state index contributed by atoms with van der Waals surface area (Å²) < 4.78 is 1.10. The molecule has 0 amide bonds. The summed E-state index contributed by atoms with van der Waals surface area (Å²) in [6.07, 6.45) is 2.98. The minimum atomic E-state index is -0.588. The van der Waals surface area contributed by atoms with Crippen LogP contribution < -0.4 is 0 Å². The first-order chi connectivity index (χ1) is 10.9. The number of thioether (sulfide) groups is 1. The minimum Gasteiger partial charge on any atom is -0.481 e. The summed E-state index contributed by atoms with van der Waals surface area (Å²) in [5.41, 5.74) is 0.827. The topological polar surface area (TPSA) is 40.5 Å². The zero-order valence-electron chi connectivity index (χ0n) is 13.7. The lowest BCUT2D eigenvalue weighted by Crippen LogP contribution is -2.35. The minimum absolute atomic E-state index is 0.330. The van der Waals surface area contributed by atoms with Gasteiger partial charge >= 0.3 is 5.97 Å². The Morgan fingerprint density at radius 2 is 2.30 bits per heavy atom. The van der Waals surface area contributed by atoms with Crippen molar-refractivity contribution in [2.45, 2.75) is 49.8 Å². The second kappa shape index (κ2) is 6.77. The number of likely N-dealkylation sites (tertiary alicyclic amines) is 1. The average molecular weight is 398 g/mol. The second-order valence-electron chi connectivity index (χ2n) is 7.14. The molecule has 1 aliphatic carbocycles. The molecule has 1 N–H and O–H groups in total. The summed E-state index contributed by atoms with van der Waals surface area (Å²) in [6.45, 7) is 6.89. The summed E-state index contributed by atoms with van der Waals surface area (Å²) >= 11 is 5.44. The van der Waals surface area contributed by atoms with E-state index in [1.807, 2.05) is 11.8 Å². The Balaban J connectivity index is 1.77. The number of carboxylic acid groups (broad SMARTS) is 1. The molecule has 1 aromatic rings. The quantitative estimate of drug-likeness (QED) is 0.734. The highest BCUT2D eigenvalue weighted by Crippen LogP contribution is 2.49. The van der Waals surface area contributed by atoms with Crippen molar-refractivity contribution >= 4 is 33.7 Å². The smallest absolute Gasteiger partial charge is 0.311 e. The van der Waals surface area contributed by atoms with Gasteiger partial charge in [-0.1, -0.05) is 42.3 Å². The van der Waals surface area contributed by atoms with Crippen molar-refractivity contribution in [2.75, 3.05) is 13.1 Å². The molecule has 1 aromatic carbocycles. The van der Waals surface area contributed by atoms with E-state index in [-0.39, 0.29) is 0 Å². The number of hydrogen-bond donors (Lipinski definition) is 1. The monoisotopic (exact) mass is 397 g/mol. The first-order valence-corrected chi connectivity index (χ1v) is 9.99. The Morgan fingerprint density at radius 3 is 2.96 bits per heavy atom. The lowest BCUT2D eigenvalue weighted by Gasteiger charge is -2.24. The van der Waals surface area contributed by atoms with Gasteiger partial charge in [-0.15, -0.1) is 11.8 Å². The van der Waals surface area contributed by atoms with Crippen LogP contribution in [0, 0.1) is 11.3 Å². The number of hydrogen-bond acceptors (Lipinski definition) is 3. The van der Waals surface area contributed by atoms with Gasteiger partial charge in [0, 0.05) is 34.3 Å². The van der Waals surface area contributed by atoms with E-state index in [0.29, 0.717) is 17.7 Å². The number of halogens is 1. The number of benzene rings is 1. The van der Waals surface area contributed by atoms with Gasteiger partial charge in [0.25, 0.3) is 0 Å². The summed E-state index contributed by atoms with van der Waals surface area (Å²) in [4.78, 5) is 15.5. The molecular formula is C18H24BrNO2S. The van der Waals surface area contributed by atoms with Gasteiger partial charge < -0.3 is 5.11 Å². The fourth-order valence-corrected chi connectivity index (χ4v) is 5.63. The van der Waals surface area contributed by atoms with E-state index in [2.05, 4.69) is 52.9 Å². The molecule has 0 aromatic heterocycles. The van der Waals surface area contributed by atoms with Gasteiger partial charge in [-0.25, -0.2) is 0 Å². The fraction of sp³-hybridized carbons (Fsp3) is 0.611. The number of aliphatic carboxylic acids is 1. The van der Waals surface area contributed by atoms with E-state index in [1.54, 1.807) is 0 Å². The van der Waals surface area contributed by atoms with E-state index in [4.69, 9.17) is 0 Å². The number of carbonyl (C=O) groups is 1. The normalized spacial score (nSPS) is 27.6. The van der Waals surface area contributed by atoms with Crippen molar-refractivity contribution in [2.24, 2.45) is 11.3 Å². The van der Waals surface area contributed by atoms with Gasteiger partial charge in [0.2, 0.25) is 0 Å². The van der Waals surface area contributed by atoms with Crippen LogP contribution in [0.4, 0.5) is 0 Å². The molecule has 0 bridgehead atoms. The molecule has 1 heterocycles.